The largest absolute Gasteiger partial charge is 0.396 e. The highest BCUT2D eigenvalue weighted by atomic mass is 16.2. The highest BCUT2D eigenvalue weighted by Gasteiger charge is 2.12. The van der Waals surface area contributed by atoms with Gasteiger partial charge in [-0.3, -0.25) is 0 Å². The number of rotatable bonds is 5. The van der Waals surface area contributed by atoms with Crippen molar-refractivity contribution in [3.8, 4) is 0 Å². The van der Waals surface area contributed by atoms with Crippen molar-refractivity contribution in [3.05, 3.63) is 29.8 Å². The number of hydrogen-bond donors (Lipinski definition) is 3. The van der Waals surface area contributed by atoms with Crippen molar-refractivity contribution in [2.45, 2.75) is 19.3 Å². The zero-order valence-corrected chi connectivity index (χ0v) is 10.3. The maximum atomic E-state index is 8.92. The van der Waals surface area contributed by atoms with Gasteiger partial charge in [-0.1, -0.05) is 12.1 Å². The predicted molar refractivity (Wildman–Crippen MR) is 71.3 cm³/mol. The lowest BCUT2D eigenvalue weighted by molar-refractivity contribution is 0.299. The first kappa shape index (κ1) is 12.4. The van der Waals surface area contributed by atoms with E-state index in [-0.39, 0.29) is 6.61 Å². The van der Waals surface area contributed by atoms with Gasteiger partial charge in [-0.2, -0.15) is 0 Å². The molecule has 1 saturated heterocycles. The number of hydrogen-bond acceptors (Lipinski definition) is 3. The Morgan fingerprint density at radius 3 is 3.12 bits per heavy atom. The van der Waals surface area contributed by atoms with E-state index in [9.17, 15) is 0 Å². The van der Waals surface area contributed by atoms with Crippen LogP contribution in [0.15, 0.2) is 24.3 Å². The molecule has 1 aromatic rings. The van der Waals surface area contributed by atoms with Crippen LogP contribution in [0.1, 0.15) is 18.4 Å². The van der Waals surface area contributed by atoms with E-state index in [0.717, 1.165) is 25.4 Å². The Morgan fingerprint density at radius 2 is 2.35 bits per heavy atom. The molecule has 94 valence electrons. The molecule has 0 saturated carbocycles. The summed E-state index contributed by atoms with van der Waals surface area (Å²) in [5.74, 6) is 0.741. The molecule has 0 amide bonds. The zero-order chi connectivity index (χ0) is 11.9. The summed E-state index contributed by atoms with van der Waals surface area (Å²) in [5, 5.41) is 15.8. The van der Waals surface area contributed by atoms with E-state index in [2.05, 4.69) is 28.8 Å². The maximum Gasteiger partial charge on any atom is 0.0471 e. The Balaban J connectivity index is 1.83. The van der Waals surface area contributed by atoms with Crippen LogP contribution in [0, 0.1) is 5.92 Å². The average molecular weight is 234 g/mol. The SMILES string of the molecule is OCCc1cccc(NCC2CCCNC2)c1. The van der Waals surface area contributed by atoms with Crippen LogP contribution >= 0.6 is 0 Å². The summed E-state index contributed by atoms with van der Waals surface area (Å²) in [6.45, 7) is 3.55. The molecule has 1 aromatic carbocycles. The number of piperidine rings is 1. The second kappa shape index (κ2) is 6.62. The van der Waals surface area contributed by atoms with Crippen LogP contribution in [0.25, 0.3) is 0 Å². The summed E-state index contributed by atoms with van der Waals surface area (Å²) in [4.78, 5) is 0. The van der Waals surface area contributed by atoms with Gasteiger partial charge < -0.3 is 15.7 Å². The quantitative estimate of drug-likeness (QED) is 0.725. The zero-order valence-electron chi connectivity index (χ0n) is 10.3. The monoisotopic (exact) mass is 234 g/mol. The highest BCUT2D eigenvalue weighted by Crippen LogP contribution is 2.14. The van der Waals surface area contributed by atoms with Gasteiger partial charge in [-0.15, -0.1) is 0 Å². The third kappa shape index (κ3) is 4.02. The topological polar surface area (TPSA) is 44.3 Å². The minimum atomic E-state index is 0.218. The first-order chi connectivity index (χ1) is 8.38. The molecule has 3 heteroatoms. The third-order valence-corrected chi connectivity index (χ3v) is 3.32. The Bertz CT molecular complexity index is 335. The molecule has 1 heterocycles. The molecular formula is C14H22N2O. The molecule has 0 bridgehead atoms. The summed E-state index contributed by atoms with van der Waals surface area (Å²) < 4.78 is 0. The molecule has 1 aliphatic rings. The van der Waals surface area contributed by atoms with Gasteiger partial charge in [-0.05, 0) is 56.0 Å². The summed E-state index contributed by atoms with van der Waals surface area (Å²) in [7, 11) is 0. The van der Waals surface area contributed by atoms with Gasteiger partial charge in [0.05, 0.1) is 0 Å². The van der Waals surface area contributed by atoms with Crippen LogP contribution in [0.4, 0.5) is 5.69 Å². The Kier molecular flexibility index (Phi) is 4.83. The molecular weight excluding hydrogens is 212 g/mol. The summed E-state index contributed by atoms with van der Waals surface area (Å²) >= 11 is 0. The molecule has 0 aliphatic carbocycles. The van der Waals surface area contributed by atoms with Gasteiger partial charge in [0.2, 0.25) is 0 Å². The van der Waals surface area contributed by atoms with Crippen molar-refractivity contribution < 1.29 is 5.11 Å². The van der Waals surface area contributed by atoms with Crippen molar-refractivity contribution in [3.63, 3.8) is 0 Å². The molecule has 1 unspecified atom stereocenters. The number of anilines is 1. The number of benzene rings is 1. The Hall–Kier alpha value is -1.06. The predicted octanol–water partition coefficient (Wildman–Crippen LogP) is 1.63. The first-order valence-electron chi connectivity index (χ1n) is 6.53. The molecule has 0 aromatic heterocycles. The van der Waals surface area contributed by atoms with Gasteiger partial charge >= 0.3 is 0 Å². The minimum Gasteiger partial charge on any atom is -0.396 e. The first-order valence-corrected chi connectivity index (χ1v) is 6.53. The number of aliphatic hydroxyl groups excluding tert-OH is 1. The van der Waals surface area contributed by atoms with Crippen molar-refractivity contribution in [2.24, 2.45) is 5.92 Å². The Labute approximate surface area is 103 Å². The second-order valence-corrected chi connectivity index (χ2v) is 4.77. The summed E-state index contributed by atoms with van der Waals surface area (Å²) in [6, 6.07) is 8.33. The van der Waals surface area contributed by atoms with Crippen LogP contribution in [0.5, 0.6) is 0 Å². The lowest BCUT2D eigenvalue weighted by Gasteiger charge is -2.23. The Morgan fingerprint density at radius 1 is 1.41 bits per heavy atom. The molecule has 17 heavy (non-hydrogen) atoms. The standard InChI is InChI=1S/C14H22N2O/c17-8-6-12-3-1-5-14(9-12)16-11-13-4-2-7-15-10-13/h1,3,5,9,13,15-17H,2,4,6-8,10-11H2. The van der Waals surface area contributed by atoms with Crippen molar-refractivity contribution in [2.75, 3.05) is 31.6 Å². The third-order valence-electron chi connectivity index (χ3n) is 3.32. The fourth-order valence-electron chi connectivity index (χ4n) is 2.33. The molecule has 1 fully saturated rings. The molecule has 0 radical (unpaired) electrons. The van der Waals surface area contributed by atoms with Gasteiger partial charge in [0.1, 0.15) is 0 Å². The smallest absolute Gasteiger partial charge is 0.0471 e. The van der Waals surface area contributed by atoms with Crippen LogP contribution < -0.4 is 10.6 Å². The maximum absolute atomic E-state index is 8.92. The van der Waals surface area contributed by atoms with Gasteiger partial charge in [0.15, 0.2) is 0 Å². The van der Waals surface area contributed by atoms with E-state index in [1.165, 1.54) is 30.6 Å². The van der Waals surface area contributed by atoms with E-state index < -0.39 is 0 Å². The fourth-order valence-corrected chi connectivity index (χ4v) is 2.33. The molecule has 0 spiro atoms. The average Bonchev–Trinajstić information content (AvgIpc) is 2.39. The molecule has 1 aliphatic heterocycles. The van der Waals surface area contributed by atoms with Crippen molar-refractivity contribution in [1.29, 1.82) is 0 Å². The lowest BCUT2D eigenvalue weighted by atomic mass is 9.99. The normalized spacial score (nSPS) is 20.2. The highest BCUT2D eigenvalue weighted by molar-refractivity contribution is 5.45. The van der Waals surface area contributed by atoms with Crippen molar-refractivity contribution in [1.82, 2.24) is 5.32 Å². The van der Waals surface area contributed by atoms with E-state index in [0.29, 0.717) is 0 Å². The lowest BCUT2D eigenvalue weighted by Crippen LogP contribution is -2.33. The fraction of sp³-hybridized carbons (Fsp3) is 0.571. The molecule has 3 N–H and O–H groups in total. The van der Waals surface area contributed by atoms with Crippen LogP contribution in [-0.2, 0) is 6.42 Å². The molecule has 3 nitrogen and oxygen atoms in total. The van der Waals surface area contributed by atoms with E-state index >= 15 is 0 Å². The van der Waals surface area contributed by atoms with Gasteiger partial charge in [-0.25, -0.2) is 0 Å². The molecule has 1 atom stereocenters. The van der Waals surface area contributed by atoms with Crippen LogP contribution in [-0.4, -0.2) is 31.3 Å². The minimum absolute atomic E-state index is 0.218. The van der Waals surface area contributed by atoms with E-state index in [1.54, 1.807) is 0 Å². The van der Waals surface area contributed by atoms with Gasteiger partial charge in [0.25, 0.3) is 0 Å². The number of aliphatic hydroxyl groups is 1. The van der Waals surface area contributed by atoms with Crippen LogP contribution in [0.3, 0.4) is 0 Å². The number of nitrogens with one attached hydrogen (secondary N) is 2. The van der Waals surface area contributed by atoms with Gasteiger partial charge in [0, 0.05) is 18.8 Å². The van der Waals surface area contributed by atoms with E-state index in [4.69, 9.17) is 5.11 Å². The second-order valence-electron chi connectivity index (χ2n) is 4.77. The molecule has 2 rings (SSSR count). The summed E-state index contributed by atoms with van der Waals surface area (Å²) in [6.07, 6.45) is 3.34. The summed E-state index contributed by atoms with van der Waals surface area (Å²) in [5.41, 5.74) is 2.36. The van der Waals surface area contributed by atoms with Crippen LogP contribution in [0.2, 0.25) is 0 Å². The van der Waals surface area contributed by atoms with Crippen molar-refractivity contribution >= 4 is 5.69 Å². The van der Waals surface area contributed by atoms with E-state index in [1.807, 2.05) is 6.07 Å².